The highest BCUT2D eigenvalue weighted by Crippen LogP contribution is 2.32. The third kappa shape index (κ3) is 4.81. The number of hydrogen-bond donors (Lipinski definition) is 1. The number of halogens is 1. The highest BCUT2D eigenvalue weighted by atomic mass is 35.5. The topological polar surface area (TPSA) is 12.0 Å². The average Bonchev–Trinajstić information content (AvgIpc) is 2.38. The zero-order valence-corrected chi connectivity index (χ0v) is 12.9. The van der Waals surface area contributed by atoms with E-state index in [0.717, 1.165) is 16.9 Å². The van der Waals surface area contributed by atoms with Gasteiger partial charge in [0.15, 0.2) is 0 Å². The molecule has 0 aliphatic heterocycles. The van der Waals surface area contributed by atoms with Crippen molar-refractivity contribution in [3.8, 4) is 0 Å². The quantitative estimate of drug-likeness (QED) is 0.825. The lowest BCUT2D eigenvalue weighted by molar-refractivity contribution is 0.224. The molecular weight excluding hydrogens is 254 g/mol. The Morgan fingerprint density at radius 2 is 1.95 bits per heavy atom. The third-order valence-electron chi connectivity index (χ3n) is 4.24. The van der Waals surface area contributed by atoms with Gasteiger partial charge in [-0.15, -0.1) is 0 Å². The van der Waals surface area contributed by atoms with Crippen LogP contribution in [0.1, 0.15) is 45.1 Å². The van der Waals surface area contributed by atoms with Crippen LogP contribution in [0, 0.1) is 11.8 Å². The van der Waals surface area contributed by atoms with Gasteiger partial charge in [-0.25, -0.2) is 0 Å². The second-order valence-electron chi connectivity index (χ2n) is 6.20. The smallest absolute Gasteiger partial charge is 0.0408 e. The van der Waals surface area contributed by atoms with Crippen molar-refractivity contribution in [1.82, 2.24) is 5.32 Å². The van der Waals surface area contributed by atoms with Crippen LogP contribution in [0.15, 0.2) is 24.3 Å². The summed E-state index contributed by atoms with van der Waals surface area (Å²) in [6.45, 7) is 5.63. The zero-order chi connectivity index (χ0) is 13.7. The van der Waals surface area contributed by atoms with Crippen molar-refractivity contribution in [2.24, 2.45) is 11.8 Å². The molecule has 0 aromatic heterocycles. The van der Waals surface area contributed by atoms with Gasteiger partial charge in [0.25, 0.3) is 0 Å². The summed E-state index contributed by atoms with van der Waals surface area (Å²) in [7, 11) is 0. The Labute approximate surface area is 122 Å². The molecular formula is C17H26ClN. The van der Waals surface area contributed by atoms with Gasteiger partial charge in [0.2, 0.25) is 0 Å². The van der Waals surface area contributed by atoms with Gasteiger partial charge in [0.1, 0.15) is 0 Å². The molecule has 1 aromatic rings. The molecule has 0 heterocycles. The lowest BCUT2D eigenvalue weighted by Gasteiger charge is -2.32. The Hall–Kier alpha value is -0.530. The summed E-state index contributed by atoms with van der Waals surface area (Å²) < 4.78 is 0. The Balaban J connectivity index is 1.95. The Kier molecular flexibility index (Phi) is 5.72. The van der Waals surface area contributed by atoms with Crippen molar-refractivity contribution in [2.45, 2.75) is 52.0 Å². The largest absolute Gasteiger partial charge is 0.314 e. The van der Waals surface area contributed by atoms with Crippen molar-refractivity contribution in [3.63, 3.8) is 0 Å². The SMILES string of the molecule is CC(C)NCC1CCCCC1Cc1cccc(Cl)c1. The molecule has 1 aliphatic rings. The Morgan fingerprint density at radius 3 is 2.63 bits per heavy atom. The van der Waals surface area contributed by atoms with Crippen molar-refractivity contribution < 1.29 is 0 Å². The first-order chi connectivity index (χ1) is 9.15. The average molecular weight is 280 g/mol. The van der Waals surface area contributed by atoms with Crippen LogP contribution in [-0.4, -0.2) is 12.6 Å². The second-order valence-corrected chi connectivity index (χ2v) is 6.64. The van der Waals surface area contributed by atoms with Gasteiger partial charge in [-0.1, -0.05) is 50.4 Å². The van der Waals surface area contributed by atoms with E-state index in [2.05, 4.69) is 37.4 Å². The van der Waals surface area contributed by atoms with Gasteiger partial charge in [-0.05, 0) is 55.3 Å². The minimum absolute atomic E-state index is 0.591. The fourth-order valence-electron chi connectivity index (χ4n) is 3.18. The van der Waals surface area contributed by atoms with Crippen LogP contribution >= 0.6 is 11.6 Å². The standard InChI is InChI=1S/C17H26ClN/c1-13(2)19-12-16-8-4-3-7-15(16)10-14-6-5-9-17(18)11-14/h5-6,9,11,13,15-16,19H,3-4,7-8,10,12H2,1-2H3. The molecule has 0 spiro atoms. The molecule has 2 unspecified atom stereocenters. The summed E-state index contributed by atoms with van der Waals surface area (Å²) in [6, 6.07) is 8.97. The number of rotatable bonds is 5. The van der Waals surface area contributed by atoms with Crippen LogP contribution in [0.25, 0.3) is 0 Å². The van der Waals surface area contributed by atoms with E-state index in [-0.39, 0.29) is 0 Å². The van der Waals surface area contributed by atoms with Crippen LogP contribution in [-0.2, 0) is 6.42 Å². The normalized spacial score (nSPS) is 23.8. The predicted octanol–water partition coefficient (Wildman–Crippen LogP) is 4.69. The molecule has 1 aliphatic carbocycles. The lowest BCUT2D eigenvalue weighted by atomic mass is 9.76. The first-order valence-electron chi connectivity index (χ1n) is 7.63. The van der Waals surface area contributed by atoms with Gasteiger partial charge < -0.3 is 5.32 Å². The van der Waals surface area contributed by atoms with E-state index in [1.807, 2.05) is 6.07 Å². The summed E-state index contributed by atoms with van der Waals surface area (Å²) in [4.78, 5) is 0. The molecule has 2 atom stereocenters. The monoisotopic (exact) mass is 279 g/mol. The Morgan fingerprint density at radius 1 is 1.21 bits per heavy atom. The van der Waals surface area contributed by atoms with Crippen LogP contribution in [0.5, 0.6) is 0 Å². The highest BCUT2D eigenvalue weighted by Gasteiger charge is 2.25. The molecule has 1 nitrogen and oxygen atoms in total. The molecule has 1 N–H and O–H groups in total. The molecule has 1 aromatic carbocycles. The van der Waals surface area contributed by atoms with E-state index >= 15 is 0 Å². The summed E-state index contributed by atoms with van der Waals surface area (Å²) in [5.74, 6) is 1.65. The molecule has 0 amide bonds. The molecule has 0 saturated heterocycles. The number of nitrogens with one attached hydrogen (secondary N) is 1. The van der Waals surface area contributed by atoms with E-state index in [1.54, 1.807) is 0 Å². The van der Waals surface area contributed by atoms with Gasteiger partial charge in [-0.2, -0.15) is 0 Å². The van der Waals surface area contributed by atoms with E-state index in [4.69, 9.17) is 11.6 Å². The van der Waals surface area contributed by atoms with Gasteiger partial charge >= 0.3 is 0 Å². The maximum atomic E-state index is 6.09. The molecule has 1 fully saturated rings. The van der Waals surface area contributed by atoms with Crippen LogP contribution < -0.4 is 5.32 Å². The van der Waals surface area contributed by atoms with Gasteiger partial charge in [0, 0.05) is 11.1 Å². The predicted molar refractivity (Wildman–Crippen MR) is 83.7 cm³/mol. The number of hydrogen-bond acceptors (Lipinski definition) is 1. The first-order valence-corrected chi connectivity index (χ1v) is 8.01. The van der Waals surface area contributed by atoms with Crippen molar-refractivity contribution >= 4 is 11.6 Å². The summed E-state index contributed by atoms with van der Waals surface area (Å²) in [6.07, 6.45) is 6.73. The lowest BCUT2D eigenvalue weighted by Crippen LogP contribution is -2.34. The second kappa shape index (κ2) is 7.31. The molecule has 2 rings (SSSR count). The van der Waals surface area contributed by atoms with Crippen LogP contribution in [0.2, 0.25) is 5.02 Å². The zero-order valence-electron chi connectivity index (χ0n) is 12.2. The van der Waals surface area contributed by atoms with Crippen LogP contribution in [0.3, 0.4) is 0 Å². The molecule has 106 valence electrons. The summed E-state index contributed by atoms with van der Waals surface area (Å²) >= 11 is 6.09. The third-order valence-corrected chi connectivity index (χ3v) is 4.48. The Bertz CT molecular complexity index is 389. The van der Waals surface area contributed by atoms with E-state index in [0.29, 0.717) is 6.04 Å². The molecule has 0 radical (unpaired) electrons. The first kappa shape index (κ1) is 14.9. The van der Waals surface area contributed by atoms with Crippen molar-refractivity contribution in [3.05, 3.63) is 34.9 Å². The fourth-order valence-corrected chi connectivity index (χ4v) is 3.39. The maximum absolute atomic E-state index is 6.09. The summed E-state index contributed by atoms with van der Waals surface area (Å²) in [5.41, 5.74) is 1.40. The van der Waals surface area contributed by atoms with E-state index in [9.17, 15) is 0 Å². The number of benzene rings is 1. The minimum atomic E-state index is 0.591. The van der Waals surface area contributed by atoms with Crippen molar-refractivity contribution in [2.75, 3.05) is 6.54 Å². The van der Waals surface area contributed by atoms with Crippen LogP contribution in [0.4, 0.5) is 0 Å². The molecule has 0 bridgehead atoms. The maximum Gasteiger partial charge on any atom is 0.0408 e. The fraction of sp³-hybridized carbons (Fsp3) is 0.647. The van der Waals surface area contributed by atoms with Gasteiger partial charge in [-0.3, -0.25) is 0 Å². The van der Waals surface area contributed by atoms with Gasteiger partial charge in [0.05, 0.1) is 0 Å². The van der Waals surface area contributed by atoms with E-state index in [1.165, 1.54) is 44.2 Å². The van der Waals surface area contributed by atoms with E-state index < -0.39 is 0 Å². The van der Waals surface area contributed by atoms with Crippen molar-refractivity contribution in [1.29, 1.82) is 0 Å². The molecule has 2 heteroatoms. The molecule has 19 heavy (non-hydrogen) atoms. The highest BCUT2D eigenvalue weighted by molar-refractivity contribution is 6.30. The minimum Gasteiger partial charge on any atom is -0.314 e. The summed E-state index contributed by atoms with van der Waals surface area (Å²) in [5, 5.41) is 4.48. The molecule has 1 saturated carbocycles.